The molecule has 1 aromatic carbocycles. The van der Waals surface area contributed by atoms with Crippen LogP contribution in [-0.4, -0.2) is 34.7 Å². The van der Waals surface area contributed by atoms with Crippen molar-refractivity contribution in [2.24, 2.45) is 0 Å². The number of nitrogens with one attached hydrogen (secondary N) is 1. The molecule has 128 valence electrons. The number of rotatable bonds is 6. The van der Waals surface area contributed by atoms with E-state index in [0.717, 1.165) is 30.3 Å². The third-order valence-corrected chi connectivity index (χ3v) is 4.65. The van der Waals surface area contributed by atoms with Gasteiger partial charge in [0.2, 0.25) is 0 Å². The van der Waals surface area contributed by atoms with Gasteiger partial charge in [0.05, 0.1) is 5.60 Å². The van der Waals surface area contributed by atoms with E-state index in [-0.39, 0.29) is 0 Å². The molecule has 0 radical (unpaired) electrons. The van der Waals surface area contributed by atoms with Gasteiger partial charge in [0.25, 0.3) is 0 Å². The van der Waals surface area contributed by atoms with Crippen molar-refractivity contribution in [2.45, 2.75) is 38.2 Å². The van der Waals surface area contributed by atoms with Gasteiger partial charge in [-0.2, -0.15) is 0 Å². The second kappa shape index (κ2) is 7.62. The van der Waals surface area contributed by atoms with E-state index >= 15 is 0 Å². The standard InChI is InChI=1S/C19H26N4O/c1-19(24,16-8-4-2-5-9-16)10-11-20-17-14-18(22-15-21-17)23-12-6-3-7-13-23/h2,4-5,8-9,14-15,24H,3,6-7,10-13H2,1H3,(H,20,21,22). The average molecular weight is 326 g/mol. The lowest BCUT2D eigenvalue weighted by Crippen LogP contribution is -2.30. The van der Waals surface area contributed by atoms with Gasteiger partial charge in [0.1, 0.15) is 18.0 Å². The van der Waals surface area contributed by atoms with Crippen LogP contribution in [0.2, 0.25) is 0 Å². The Labute approximate surface area is 143 Å². The van der Waals surface area contributed by atoms with Crippen molar-refractivity contribution in [1.82, 2.24) is 9.97 Å². The van der Waals surface area contributed by atoms with Crippen LogP contribution in [0.15, 0.2) is 42.7 Å². The van der Waals surface area contributed by atoms with Crippen molar-refractivity contribution in [3.63, 3.8) is 0 Å². The van der Waals surface area contributed by atoms with E-state index in [9.17, 15) is 5.11 Å². The van der Waals surface area contributed by atoms with Crippen LogP contribution in [0, 0.1) is 0 Å². The van der Waals surface area contributed by atoms with E-state index in [0.29, 0.717) is 13.0 Å². The van der Waals surface area contributed by atoms with Crippen LogP contribution in [0.3, 0.4) is 0 Å². The first-order chi connectivity index (χ1) is 11.6. The SMILES string of the molecule is CC(O)(CCNc1cc(N2CCCCC2)ncn1)c1ccccc1. The number of aliphatic hydroxyl groups is 1. The maximum Gasteiger partial charge on any atom is 0.134 e. The summed E-state index contributed by atoms with van der Waals surface area (Å²) in [5.41, 5.74) is 0.0836. The lowest BCUT2D eigenvalue weighted by molar-refractivity contribution is 0.0515. The van der Waals surface area contributed by atoms with Gasteiger partial charge in [-0.1, -0.05) is 30.3 Å². The van der Waals surface area contributed by atoms with Gasteiger partial charge in [-0.15, -0.1) is 0 Å². The molecule has 0 bridgehead atoms. The molecule has 0 saturated carbocycles. The Kier molecular flexibility index (Phi) is 5.30. The summed E-state index contributed by atoms with van der Waals surface area (Å²) in [5.74, 6) is 1.80. The zero-order valence-corrected chi connectivity index (χ0v) is 14.3. The Morgan fingerprint density at radius 1 is 1.12 bits per heavy atom. The van der Waals surface area contributed by atoms with Gasteiger partial charge < -0.3 is 15.3 Å². The van der Waals surface area contributed by atoms with Crippen LogP contribution in [0.4, 0.5) is 11.6 Å². The highest BCUT2D eigenvalue weighted by Crippen LogP contribution is 2.24. The molecular weight excluding hydrogens is 300 g/mol. The average Bonchev–Trinajstić information content (AvgIpc) is 2.63. The lowest BCUT2D eigenvalue weighted by atomic mass is 9.93. The molecule has 1 aliphatic heterocycles. The fourth-order valence-electron chi connectivity index (χ4n) is 3.12. The Bertz CT molecular complexity index is 639. The van der Waals surface area contributed by atoms with Gasteiger partial charge in [-0.3, -0.25) is 0 Å². The van der Waals surface area contributed by atoms with Crippen molar-refractivity contribution < 1.29 is 5.11 Å². The van der Waals surface area contributed by atoms with E-state index in [1.807, 2.05) is 43.3 Å². The monoisotopic (exact) mass is 326 g/mol. The zero-order chi connectivity index (χ0) is 16.8. The largest absolute Gasteiger partial charge is 0.385 e. The fraction of sp³-hybridized carbons (Fsp3) is 0.474. The maximum absolute atomic E-state index is 10.6. The van der Waals surface area contributed by atoms with E-state index in [1.165, 1.54) is 19.3 Å². The van der Waals surface area contributed by atoms with Crippen molar-refractivity contribution in [3.05, 3.63) is 48.3 Å². The minimum Gasteiger partial charge on any atom is -0.385 e. The quantitative estimate of drug-likeness (QED) is 0.854. The van der Waals surface area contributed by atoms with Gasteiger partial charge >= 0.3 is 0 Å². The Hall–Kier alpha value is -2.14. The number of benzene rings is 1. The molecule has 0 spiro atoms. The van der Waals surface area contributed by atoms with Gasteiger partial charge in [-0.25, -0.2) is 9.97 Å². The summed E-state index contributed by atoms with van der Waals surface area (Å²) in [4.78, 5) is 11.0. The molecule has 0 aliphatic carbocycles. The number of anilines is 2. The molecule has 1 aliphatic rings. The van der Waals surface area contributed by atoms with Crippen molar-refractivity contribution in [1.29, 1.82) is 0 Å². The summed E-state index contributed by atoms with van der Waals surface area (Å²) in [6.45, 7) is 4.64. The van der Waals surface area contributed by atoms with Crippen LogP contribution in [0.25, 0.3) is 0 Å². The summed E-state index contributed by atoms with van der Waals surface area (Å²) >= 11 is 0. The first-order valence-corrected chi connectivity index (χ1v) is 8.74. The van der Waals surface area contributed by atoms with Gasteiger partial charge in [0, 0.05) is 25.7 Å². The Morgan fingerprint density at radius 3 is 2.62 bits per heavy atom. The molecule has 1 atom stereocenters. The van der Waals surface area contributed by atoms with E-state index < -0.39 is 5.60 Å². The molecule has 1 unspecified atom stereocenters. The third kappa shape index (κ3) is 4.23. The third-order valence-electron chi connectivity index (χ3n) is 4.65. The van der Waals surface area contributed by atoms with Crippen LogP contribution in [0.5, 0.6) is 0 Å². The summed E-state index contributed by atoms with van der Waals surface area (Å²) < 4.78 is 0. The van der Waals surface area contributed by atoms with Crippen molar-refractivity contribution in [2.75, 3.05) is 29.9 Å². The molecule has 2 heterocycles. The highest BCUT2D eigenvalue weighted by molar-refractivity contribution is 5.48. The second-order valence-corrected chi connectivity index (χ2v) is 6.63. The molecule has 1 fully saturated rings. The summed E-state index contributed by atoms with van der Waals surface area (Å²) in [6.07, 6.45) is 5.99. The van der Waals surface area contributed by atoms with Crippen molar-refractivity contribution in [3.8, 4) is 0 Å². The first kappa shape index (κ1) is 16.7. The number of aromatic nitrogens is 2. The molecule has 5 nitrogen and oxygen atoms in total. The minimum absolute atomic E-state index is 0.611. The Balaban J connectivity index is 1.57. The molecule has 3 rings (SSSR count). The van der Waals surface area contributed by atoms with Gasteiger partial charge in [0.15, 0.2) is 0 Å². The van der Waals surface area contributed by atoms with Crippen LogP contribution >= 0.6 is 0 Å². The van der Waals surface area contributed by atoms with Crippen molar-refractivity contribution >= 4 is 11.6 Å². The van der Waals surface area contributed by atoms with Crippen LogP contribution in [-0.2, 0) is 5.60 Å². The molecule has 2 aromatic rings. The normalized spacial score (nSPS) is 17.3. The number of piperidine rings is 1. The van der Waals surface area contributed by atoms with E-state index in [4.69, 9.17) is 0 Å². The molecule has 1 saturated heterocycles. The second-order valence-electron chi connectivity index (χ2n) is 6.63. The highest BCUT2D eigenvalue weighted by atomic mass is 16.3. The molecule has 0 amide bonds. The molecule has 24 heavy (non-hydrogen) atoms. The number of nitrogens with zero attached hydrogens (tertiary/aromatic N) is 3. The predicted molar refractivity (Wildman–Crippen MR) is 97.2 cm³/mol. The molecule has 5 heteroatoms. The summed E-state index contributed by atoms with van der Waals surface area (Å²) in [6, 6.07) is 11.8. The molecule has 2 N–H and O–H groups in total. The van der Waals surface area contributed by atoms with E-state index in [1.54, 1.807) is 6.33 Å². The smallest absolute Gasteiger partial charge is 0.134 e. The lowest BCUT2D eigenvalue weighted by Gasteiger charge is -2.28. The summed E-state index contributed by atoms with van der Waals surface area (Å²) in [7, 11) is 0. The summed E-state index contributed by atoms with van der Waals surface area (Å²) in [5, 5.41) is 14.0. The van der Waals surface area contributed by atoms with Crippen LogP contribution in [0.1, 0.15) is 38.2 Å². The topological polar surface area (TPSA) is 61.3 Å². The number of hydrogen-bond acceptors (Lipinski definition) is 5. The fourth-order valence-corrected chi connectivity index (χ4v) is 3.12. The van der Waals surface area contributed by atoms with Gasteiger partial charge in [-0.05, 0) is 38.2 Å². The van der Waals surface area contributed by atoms with Crippen LogP contribution < -0.4 is 10.2 Å². The Morgan fingerprint density at radius 2 is 1.88 bits per heavy atom. The predicted octanol–water partition coefficient (Wildman–Crippen LogP) is 3.18. The first-order valence-electron chi connectivity index (χ1n) is 8.74. The maximum atomic E-state index is 10.6. The highest BCUT2D eigenvalue weighted by Gasteiger charge is 2.22. The van der Waals surface area contributed by atoms with E-state index in [2.05, 4.69) is 20.2 Å². The minimum atomic E-state index is -0.850. The molecule has 1 aromatic heterocycles. The molecular formula is C19H26N4O. The zero-order valence-electron chi connectivity index (χ0n) is 14.3. The number of hydrogen-bond donors (Lipinski definition) is 2.